The van der Waals surface area contributed by atoms with E-state index in [0.29, 0.717) is 32.8 Å². The largest absolute Gasteiger partial charge is 0.396 e. The summed E-state index contributed by atoms with van der Waals surface area (Å²) in [4.78, 5) is 1.79. The number of rotatable bonds is 18. The van der Waals surface area contributed by atoms with Gasteiger partial charge in [0.1, 0.15) is 12.2 Å². The van der Waals surface area contributed by atoms with E-state index in [2.05, 4.69) is 6.92 Å². The van der Waals surface area contributed by atoms with E-state index < -0.39 is 12.2 Å². The fraction of sp³-hybridized carbons (Fsp3) is 1.00. The minimum Gasteiger partial charge on any atom is -0.396 e. The highest BCUT2D eigenvalue weighted by Crippen LogP contribution is 1.87. The molecular formula is C36H109NO11. The van der Waals surface area contributed by atoms with Gasteiger partial charge in [-0.15, -0.1) is 0 Å². The van der Waals surface area contributed by atoms with Crippen molar-refractivity contribution >= 4 is 0 Å². The Bertz CT molecular complexity index is 281. The molecule has 0 aliphatic carbocycles. The fourth-order valence-electron chi connectivity index (χ4n) is 1.62. The molecule has 0 aromatic rings. The first-order chi connectivity index (χ1) is 16.9. The van der Waals surface area contributed by atoms with Crippen LogP contribution in [-0.2, 0) is 9.47 Å². The van der Waals surface area contributed by atoms with Crippen LogP contribution in [0.15, 0.2) is 0 Å². The summed E-state index contributed by atoms with van der Waals surface area (Å²) in [5.41, 5.74) is 0. The van der Waals surface area contributed by atoms with Crippen molar-refractivity contribution in [2.75, 3.05) is 92.3 Å². The summed E-state index contributed by atoms with van der Waals surface area (Å²) in [7, 11) is 0. The summed E-state index contributed by atoms with van der Waals surface area (Å²) in [5, 5.41) is 75.7. The molecule has 0 aromatic heterocycles. The van der Waals surface area contributed by atoms with Gasteiger partial charge in [0.2, 0.25) is 0 Å². The van der Waals surface area contributed by atoms with E-state index >= 15 is 0 Å². The number of hydrogen-bond acceptors (Lipinski definition) is 12. The molecule has 0 amide bonds. The standard InChI is InChI=1S/C6H15NO3.C6H14O5.C6H14O2.C3H8O.C2H6.13CH4/c8-4-1-7(2-5-9)3-6-10;7-1-5(9)3-11-4-6(10)2-8;1-2-5-8-6-3-4-7;1-2-3-4;1-2;;;;;;;;;;;;;/h8-10H,1-6H2;5-10H,1-4H2;7H,2-6H2,1H3;4H,2-3H2,1H3;1-2H3;13*1H4. The zero-order valence-electron chi connectivity index (χ0n) is 22.5. The van der Waals surface area contributed by atoms with Crippen LogP contribution in [0.1, 0.15) is 144 Å². The van der Waals surface area contributed by atoms with Crippen molar-refractivity contribution in [3.63, 3.8) is 0 Å². The summed E-state index contributed by atoms with van der Waals surface area (Å²) < 4.78 is 9.78. The van der Waals surface area contributed by atoms with E-state index in [1.165, 1.54) is 0 Å². The van der Waals surface area contributed by atoms with E-state index in [9.17, 15) is 0 Å². The molecule has 12 nitrogen and oxygen atoms in total. The summed E-state index contributed by atoms with van der Waals surface area (Å²) in [6.45, 7) is 11.0. The van der Waals surface area contributed by atoms with Crippen molar-refractivity contribution in [2.45, 2.75) is 156 Å². The van der Waals surface area contributed by atoms with Crippen LogP contribution < -0.4 is 0 Å². The topological polar surface area (TPSA) is 204 Å². The van der Waals surface area contributed by atoms with Crippen molar-refractivity contribution in [1.29, 1.82) is 0 Å². The van der Waals surface area contributed by atoms with E-state index in [0.717, 1.165) is 25.9 Å². The maximum Gasteiger partial charge on any atom is 0.100 e. The number of ether oxygens (including phenoxy) is 2. The Morgan fingerprint density at radius 2 is 0.729 bits per heavy atom. The molecule has 12 heteroatoms. The molecule has 9 N–H and O–H groups in total. The molecular weight excluding hydrogens is 622 g/mol. The fourth-order valence-corrected chi connectivity index (χ4v) is 1.62. The third-order valence-electron chi connectivity index (χ3n) is 3.31. The number of aliphatic hydroxyl groups is 9. The first kappa shape index (κ1) is 118. The molecule has 2 atom stereocenters. The van der Waals surface area contributed by atoms with E-state index in [1.54, 1.807) is 4.90 Å². The number of aliphatic hydroxyl groups excluding tert-OH is 9. The summed E-state index contributed by atoms with van der Waals surface area (Å²) in [6.07, 6.45) is 0.868. The molecule has 0 saturated carbocycles. The van der Waals surface area contributed by atoms with Gasteiger partial charge in [0.05, 0.1) is 46.2 Å². The molecule has 0 rings (SSSR count). The van der Waals surface area contributed by atoms with Gasteiger partial charge in [-0.1, -0.05) is 124 Å². The highest BCUT2D eigenvalue weighted by atomic mass is 16.5. The van der Waals surface area contributed by atoms with Gasteiger partial charge in [0, 0.05) is 46.1 Å². The van der Waals surface area contributed by atoms with Crippen LogP contribution in [0.5, 0.6) is 0 Å². The molecule has 0 heterocycles. The second-order valence-electron chi connectivity index (χ2n) is 6.64. The molecule has 0 bridgehead atoms. The second kappa shape index (κ2) is 127. The summed E-state index contributed by atoms with van der Waals surface area (Å²) in [6, 6.07) is 0. The third kappa shape index (κ3) is 150. The van der Waals surface area contributed by atoms with Crippen molar-refractivity contribution < 1.29 is 55.4 Å². The molecule has 0 fully saturated rings. The molecule has 0 saturated heterocycles. The van der Waals surface area contributed by atoms with Gasteiger partial charge in [-0.05, 0) is 19.3 Å². The van der Waals surface area contributed by atoms with Gasteiger partial charge in [0.25, 0.3) is 0 Å². The predicted octanol–water partition coefficient (Wildman–Crippen LogP) is 6.45. The Morgan fingerprint density at radius 3 is 0.917 bits per heavy atom. The second-order valence-corrected chi connectivity index (χ2v) is 6.64. The summed E-state index contributed by atoms with van der Waals surface area (Å²) in [5.74, 6) is 0. The Kier molecular flexibility index (Phi) is 313. The lowest BCUT2D eigenvalue weighted by atomic mass is 10.4. The SMILES string of the molecule is C.C.C.C.C.C.C.C.C.C.C.C.C.CC.CCCO.CCCOCCCO.OCC(O)COCC(O)CO.OCCN(CCO)CCO. The number of hydrogen-bond donors (Lipinski definition) is 9. The molecule has 0 aromatic carbocycles. The van der Waals surface area contributed by atoms with Crippen LogP contribution in [0.4, 0.5) is 0 Å². The van der Waals surface area contributed by atoms with Gasteiger partial charge >= 0.3 is 0 Å². The smallest absolute Gasteiger partial charge is 0.100 e. The first-order valence-electron chi connectivity index (χ1n) is 12.4. The van der Waals surface area contributed by atoms with Crippen molar-refractivity contribution in [3.05, 3.63) is 0 Å². The normalized spacial score (nSPS) is 8.38. The first-order valence-corrected chi connectivity index (χ1v) is 12.4. The van der Waals surface area contributed by atoms with Crippen LogP contribution in [0, 0.1) is 0 Å². The Balaban J connectivity index is -0.0000000145. The maximum absolute atomic E-state index is 8.72. The molecule has 0 radical (unpaired) electrons. The molecule has 2 unspecified atom stereocenters. The van der Waals surface area contributed by atoms with Crippen LogP contribution in [0.2, 0.25) is 0 Å². The number of nitrogens with zero attached hydrogens (tertiary/aromatic N) is 1. The minimum atomic E-state index is -0.916. The van der Waals surface area contributed by atoms with Gasteiger partial charge in [-0.3, -0.25) is 4.90 Å². The van der Waals surface area contributed by atoms with Gasteiger partial charge in [-0.25, -0.2) is 0 Å². The highest BCUT2D eigenvalue weighted by molar-refractivity contribution is 4.54. The quantitative estimate of drug-likeness (QED) is 0.0698. The average Bonchev–Trinajstić information content (AvgIpc) is 2.89. The van der Waals surface area contributed by atoms with Crippen LogP contribution in [0.25, 0.3) is 0 Å². The lowest BCUT2D eigenvalue weighted by Crippen LogP contribution is -2.32. The van der Waals surface area contributed by atoms with Crippen LogP contribution in [0.3, 0.4) is 0 Å². The average molecular weight is 732 g/mol. The Hall–Kier alpha value is -0.480. The maximum atomic E-state index is 8.72. The zero-order valence-corrected chi connectivity index (χ0v) is 22.5. The zero-order chi connectivity index (χ0) is 28.2. The van der Waals surface area contributed by atoms with Crippen molar-refractivity contribution in [1.82, 2.24) is 4.90 Å². The van der Waals surface area contributed by atoms with Crippen LogP contribution >= 0.6 is 0 Å². The van der Waals surface area contributed by atoms with Gasteiger partial charge < -0.3 is 55.4 Å². The van der Waals surface area contributed by atoms with Gasteiger partial charge in [0.15, 0.2) is 0 Å². The van der Waals surface area contributed by atoms with E-state index in [-0.39, 0.29) is 149 Å². The lowest BCUT2D eigenvalue weighted by molar-refractivity contribution is -0.0364. The minimum absolute atomic E-state index is 0. The van der Waals surface area contributed by atoms with Crippen molar-refractivity contribution in [3.8, 4) is 0 Å². The Morgan fingerprint density at radius 1 is 0.438 bits per heavy atom. The molecule has 0 aliphatic rings. The summed E-state index contributed by atoms with van der Waals surface area (Å²) >= 11 is 0. The molecule has 324 valence electrons. The van der Waals surface area contributed by atoms with Crippen LogP contribution in [-0.4, -0.2) is 155 Å². The molecule has 0 aliphatic heterocycles. The lowest BCUT2D eigenvalue weighted by Gasteiger charge is -2.17. The molecule has 48 heavy (non-hydrogen) atoms. The van der Waals surface area contributed by atoms with E-state index in [1.807, 2.05) is 20.8 Å². The van der Waals surface area contributed by atoms with E-state index in [4.69, 9.17) is 55.4 Å². The highest BCUT2D eigenvalue weighted by Gasteiger charge is 2.05. The Labute approximate surface area is 308 Å². The van der Waals surface area contributed by atoms with Crippen molar-refractivity contribution in [2.24, 2.45) is 0 Å². The molecule has 0 spiro atoms. The third-order valence-corrected chi connectivity index (χ3v) is 3.31. The van der Waals surface area contributed by atoms with Gasteiger partial charge in [-0.2, -0.15) is 0 Å². The monoisotopic (exact) mass is 732 g/mol. The predicted molar refractivity (Wildman–Crippen MR) is 224 cm³/mol.